The minimum absolute atomic E-state index is 0.678. The number of piperidine rings is 2. The minimum atomic E-state index is 0.678. The molecule has 0 unspecified atom stereocenters. The van der Waals surface area contributed by atoms with Gasteiger partial charge in [0.15, 0.2) is 11.6 Å². The molecule has 3 heterocycles. The fraction of sp³-hybridized carbons (Fsp3) is 0.367. The van der Waals surface area contributed by atoms with E-state index < -0.39 is 0 Å². The molecule has 0 spiro atoms. The highest BCUT2D eigenvalue weighted by Gasteiger charge is 2.11. The summed E-state index contributed by atoms with van der Waals surface area (Å²) in [6.45, 7) is 6.57. The van der Waals surface area contributed by atoms with Gasteiger partial charge in [-0.3, -0.25) is 0 Å². The summed E-state index contributed by atoms with van der Waals surface area (Å²) in [6.07, 6.45) is 16.0. The number of benzene rings is 2. The lowest BCUT2D eigenvalue weighted by molar-refractivity contribution is 0.578. The molecule has 0 amide bonds. The van der Waals surface area contributed by atoms with Crippen LogP contribution in [0.15, 0.2) is 48.5 Å². The van der Waals surface area contributed by atoms with E-state index in [1.165, 1.54) is 49.9 Å². The lowest BCUT2D eigenvalue weighted by Gasteiger charge is -2.28. The van der Waals surface area contributed by atoms with Crippen molar-refractivity contribution in [1.29, 1.82) is 0 Å². The highest BCUT2D eigenvalue weighted by Crippen LogP contribution is 2.22. The molecule has 0 aliphatic carbocycles. The van der Waals surface area contributed by atoms with E-state index in [2.05, 4.69) is 85.4 Å². The summed E-state index contributed by atoms with van der Waals surface area (Å²) in [5, 5.41) is 0. The molecule has 0 bridgehead atoms. The monoisotopic (exact) mass is 465 g/mol. The lowest BCUT2D eigenvalue weighted by atomic mass is 10.1. The molecular formula is C30H35N5. The van der Waals surface area contributed by atoms with Crippen LogP contribution in [0.25, 0.3) is 24.3 Å². The zero-order chi connectivity index (χ0) is 23.9. The van der Waals surface area contributed by atoms with Gasteiger partial charge in [0.1, 0.15) is 5.82 Å². The second kappa shape index (κ2) is 11.3. The molecule has 0 saturated carbocycles. The smallest absolute Gasteiger partial charge is 0.156 e. The molecule has 2 aliphatic rings. The minimum Gasteiger partial charge on any atom is -0.372 e. The first-order chi connectivity index (χ1) is 17.2. The van der Waals surface area contributed by atoms with Gasteiger partial charge in [-0.05, 0) is 93.0 Å². The molecule has 0 atom stereocenters. The lowest BCUT2D eigenvalue weighted by Crippen LogP contribution is -2.29. The van der Waals surface area contributed by atoms with E-state index in [-0.39, 0.29) is 0 Å². The maximum absolute atomic E-state index is 4.63. The van der Waals surface area contributed by atoms with Crippen molar-refractivity contribution in [3.63, 3.8) is 0 Å². The van der Waals surface area contributed by atoms with Crippen molar-refractivity contribution < 1.29 is 0 Å². The molecule has 0 radical (unpaired) electrons. The van der Waals surface area contributed by atoms with E-state index in [1.54, 1.807) is 0 Å². The Balaban J connectivity index is 1.23. The Kier molecular flexibility index (Phi) is 7.52. The Hall–Kier alpha value is -3.47. The molecule has 3 aromatic rings. The largest absolute Gasteiger partial charge is 0.372 e. The molecule has 2 aliphatic heterocycles. The van der Waals surface area contributed by atoms with Crippen molar-refractivity contribution in [1.82, 2.24) is 15.0 Å². The van der Waals surface area contributed by atoms with E-state index in [4.69, 9.17) is 0 Å². The van der Waals surface area contributed by atoms with Gasteiger partial charge in [-0.25, -0.2) is 15.0 Å². The van der Waals surface area contributed by atoms with Crippen LogP contribution in [0, 0.1) is 6.92 Å². The molecule has 180 valence electrons. The van der Waals surface area contributed by atoms with Gasteiger partial charge in [-0.1, -0.05) is 36.4 Å². The molecule has 2 saturated heterocycles. The van der Waals surface area contributed by atoms with Crippen molar-refractivity contribution in [3.05, 3.63) is 77.1 Å². The van der Waals surface area contributed by atoms with Crippen molar-refractivity contribution in [2.75, 3.05) is 36.0 Å². The third-order valence-corrected chi connectivity index (χ3v) is 6.86. The first-order valence-corrected chi connectivity index (χ1v) is 13.0. The van der Waals surface area contributed by atoms with Crippen LogP contribution in [0.4, 0.5) is 11.4 Å². The van der Waals surface area contributed by atoms with Crippen LogP contribution in [-0.4, -0.2) is 41.1 Å². The molecule has 35 heavy (non-hydrogen) atoms. The standard InChI is InChI=1S/C30H35N5/c1-24-31-29(18-12-25-8-14-27(15-9-25)34-20-4-2-5-21-34)33-30(32-24)19-13-26-10-16-28(17-11-26)35-22-6-3-7-23-35/h8-19H,2-7,20-23H2,1H3/b18-12+,19-13+. The average molecular weight is 466 g/mol. The van der Waals surface area contributed by atoms with Crippen LogP contribution < -0.4 is 9.80 Å². The van der Waals surface area contributed by atoms with Crippen molar-refractivity contribution in [3.8, 4) is 0 Å². The number of aryl methyl sites for hydroxylation is 1. The van der Waals surface area contributed by atoms with Crippen LogP contribution in [0.3, 0.4) is 0 Å². The van der Waals surface area contributed by atoms with E-state index >= 15 is 0 Å². The molecule has 5 rings (SSSR count). The maximum atomic E-state index is 4.63. The SMILES string of the molecule is Cc1nc(/C=C/c2ccc(N3CCCCC3)cc2)nc(/C=C/c2ccc(N3CCCCC3)cc2)n1. The molecule has 2 fully saturated rings. The van der Waals surface area contributed by atoms with Crippen molar-refractivity contribution in [2.45, 2.75) is 45.4 Å². The summed E-state index contributed by atoms with van der Waals surface area (Å²) in [4.78, 5) is 18.6. The van der Waals surface area contributed by atoms with E-state index in [9.17, 15) is 0 Å². The molecule has 5 heteroatoms. The molecular weight excluding hydrogens is 430 g/mol. The summed E-state index contributed by atoms with van der Waals surface area (Å²) in [5.74, 6) is 2.08. The predicted molar refractivity (Wildman–Crippen MR) is 147 cm³/mol. The fourth-order valence-corrected chi connectivity index (χ4v) is 4.91. The third kappa shape index (κ3) is 6.36. The van der Waals surface area contributed by atoms with Crippen molar-refractivity contribution >= 4 is 35.7 Å². The van der Waals surface area contributed by atoms with E-state index in [0.717, 1.165) is 43.1 Å². The Morgan fingerprint density at radius 3 is 1.31 bits per heavy atom. The summed E-state index contributed by atoms with van der Waals surface area (Å²) < 4.78 is 0. The van der Waals surface area contributed by atoms with Crippen LogP contribution in [0.2, 0.25) is 0 Å². The Labute approximate surface area is 209 Å². The first-order valence-electron chi connectivity index (χ1n) is 13.0. The highest BCUT2D eigenvalue weighted by molar-refractivity contribution is 5.70. The van der Waals surface area contributed by atoms with Gasteiger partial charge < -0.3 is 9.80 Å². The van der Waals surface area contributed by atoms with Gasteiger partial charge in [-0.2, -0.15) is 0 Å². The second-order valence-corrected chi connectivity index (χ2v) is 9.54. The zero-order valence-electron chi connectivity index (χ0n) is 20.7. The third-order valence-electron chi connectivity index (χ3n) is 6.86. The topological polar surface area (TPSA) is 45.2 Å². The van der Waals surface area contributed by atoms with Crippen LogP contribution in [-0.2, 0) is 0 Å². The number of rotatable bonds is 6. The summed E-state index contributed by atoms with van der Waals surface area (Å²) >= 11 is 0. The summed E-state index contributed by atoms with van der Waals surface area (Å²) in [6, 6.07) is 17.5. The molecule has 5 nitrogen and oxygen atoms in total. The summed E-state index contributed by atoms with van der Waals surface area (Å²) in [5.41, 5.74) is 4.92. The second-order valence-electron chi connectivity index (χ2n) is 9.54. The van der Waals surface area contributed by atoms with Gasteiger partial charge in [0.25, 0.3) is 0 Å². The van der Waals surface area contributed by atoms with E-state index in [0.29, 0.717) is 11.6 Å². The first kappa shape index (κ1) is 23.3. The maximum Gasteiger partial charge on any atom is 0.156 e. The van der Waals surface area contributed by atoms with Gasteiger partial charge in [0.2, 0.25) is 0 Å². The van der Waals surface area contributed by atoms with Gasteiger partial charge in [-0.15, -0.1) is 0 Å². The Bertz CT molecular complexity index is 1060. The van der Waals surface area contributed by atoms with Crippen molar-refractivity contribution in [2.24, 2.45) is 0 Å². The quantitative estimate of drug-likeness (QED) is 0.416. The van der Waals surface area contributed by atoms with Gasteiger partial charge >= 0.3 is 0 Å². The highest BCUT2D eigenvalue weighted by atomic mass is 15.1. The van der Waals surface area contributed by atoms with Crippen LogP contribution in [0.5, 0.6) is 0 Å². The number of nitrogens with zero attached hydrogens (tertiary/aromatic N) is 5. The zero-order valence-corrected chi connectivity index (χ0v) is 20.7. The van der Waals surface area contributed by atoms with E-state index in [1.807, 2.05) is 19.1 Å². The number of aromatic nitrogens is 3. The molecule has 0 N–H and O–H groups in total. The van der Waals surface area contributed by atoms with Gasteiger partial charge in [0, 0.05) is 37.6 Å². The number of hydrogen-bond donors (Lipinski definition) is 0. The molecule has 2 aromatic carbocycles. The predicted octanol–water partition coefficient (Wildman–Crippen LogP) is 6.50. The fourth-order valence-electron chi connectivity index (χ4n) is 4.91. The average Bonchev–Trinajstić information content (AvgIpc) is 2.92. The van der Waals surface area contributed by atoms with Crippen LogP contribution >= 0.6 is 0 Å². The number of anilines is 2. The van der Waals surface area contributed by atoms with Gasteiger partial charge in [0.05, 0.1) is 0 Å². The molecule has 1 aromatic heterocycles. The van der Waals surface area contributed by atoms with Crippen LogP contribution in [0.1, 0.15) is 67.1 Å². The Morgan fingerprint density at radius 2 is 0.914 bits per heavy atom. The number of hydrogen-bond acceptors (Lipinski definition) is 5. The summed E-state index contributed by atoms with van der Waals surface area (Å²) in [7, 11) is 0. The normalized spacial score (nSPS) is 16.9. The Morgan fingerprint density at radius 1 is 0.514 bits per heavy atom.